The summed E-state index contributed by atoms with van der Waals surface area (Å²) in [6.07, 6.45) is 5.47. The molecule has 110 valence electrons. The lowest BCUT2D eigenvalue weighted by Gasteiger charge is -2.08. The quantitative estimate of drug-likeness (QED) is 0.740. The third-order valence-corrected chi connectivity index (χ3v) is 5.65. The number of hydrogen-bond donors (Lipinski definition) is 0. The zero-order valence-corrected chi connectivity index (χ0v) is 12.8. The molecule has 4 heteroatoms. The van der Waals surface area contributed by atoms with Crippen molar-refractivity contribution in [2.24, 2.45) is 0 Å². The summed E-state index contributed by atoms with van der Waals surface area (Å²) in [5.41, 5.74) is 2.29. The summed E-state index contributed by atoms with van der Waals surface area (Å²) in [6, 6.07) is 6.79. The summed E-state index contributed by atoms with van der Waals surface area (Å²) in [5, 5.41) is 1.09. The Morgan fingerprint density at radius 3 is 2.48 bits per heavy atom. The largest absolute Gasteiger partial charge is 0.362 e. The van der Waals surface area contributed by atoms with Crippen LogP contribution < -0.4 is 0 Å². The fraction of sp³-hybridized carbons (Fsp3) is 0.471. The van der Waals surface area contributed by atoms with Gasteiger partial charge in [0.05, 0.1) is 16.7 Å². The van der Waals surface area contributed by atoms with E-state index in [0.717, 1.165) is 10.6 Å². The predicted octanol–water partition coefficient (Wildman–Crippen LogP) is 5.07. The van der Waals surface area contributed by atoms with E-state index < -0.39 is 0 Å². The van der Waals surface area contributed by atoms with Gasteiger partial charge in [-0.25, -0.2) is 9.37 Å². The maximum atomic E-state index is 13.2. The van der Waals surface area contributed by atoms with Gasteiger partial charge in [0.1, 0.15) is 16.9 Å². The first kappa shape index (κ1) is 13.4. The Bertz CT molecular complexity index is 645. The van der Waals surface area contributed by atoms with Crippen molar-refractivity contribution in [2.75, 3.05) is 0 Å². The van der Waals surface area contributed by atoms with Crippen molar-refractivity contribution >= 4 is 11.3 Å². The smallest absolute Gasteiger partial charge is 0.135 e. The average Bonchev–Trinajstić information content (AvgIpc) is 2.94. The Labute approximate surface area is 128 Å². The lowest BCUT2D eigenvalue weighted by molar-refractivity contribution is 0.382. The minimum absolute atomic E-state index is 0.171. The van der Waals surface area contributed by atoms with Crippen molar-refractivity contribution in [1.82, 2.24) is 4.98 Å². The second-order valence-electron chi connectivity index (χ2n) is 6.02. The number of benzene rings is 1. The molecule has 1 saturated heterocycles. The number of epoxide rings is 1. The van der Waals surface area contributed by atoms with Crippen molar-refractivity contribution in [2.45, 2.75) is 50.7 Å². The van der Waals surface area contributed by atoms with Crippen LogP contribution in [-0.2, 0) is 4.74 Å². The molecule has 0 N–H and O–H groups in total. The van der Waals surface area contributed by atoms with Crippen LogP contribution in [0.15, 0.2) is 24.3 Å². The highest BCUT2D eigenvalue weighted by Crippen LogP contribution is 2.47. The van der Waals surface area contributed by atoms with E-state index in [-0.39, 0.29) is 18.0 Å². The van der Waals surface area contributed by atoms with Crippen molar-refractivity contribution in [3.63, 3.8) is 0 Å². The lowest BCUT2D eigenvalue weighted by Crippen LogP contribution is -1.96. The van der Waals surface area contributed by atoms with E-state index in [1.165, 1.54) is 48.4 Å². The molecule has 2 aromatic rings. The normalized spacial score (nSPS) is 25.4. The number of ether oxygens (including phenoxy) is 1. The van der Waals surface area contributed by atoms with E-state index in [1.807, 2.05) is 12.1 Å². The zero-order valence-electron chi connectivity index (χ0n) is 12.0. The topological polar surface area (TPSA) is 25.4 Å². The summed E-state index contributed by atoms with van der Waals surface area (Å²) in [6.45, 7) is 2.08. The standard InChI is InChI=1S/C17H18FNOS/c1-10-15(20-10)17-19-14(11-4-2-3-5-11)16(21-17)12-6-8-13(18)9-7-12/h6-11,15H,2-5H2,1H3. The minimum Gasteiger partial charge on any atom is -0.362 e. The molecule has 0 bridgehead atoms. The van der Waals surface area contributed by atoms with E-state index in [4.69, 9.17) is 9.72 Å². The highest BCUT2D eigenvalue weighted by molar-refractivity contribution is 7.15. The Morgan fingerprint density at radius 1 is 1.19 bits per heavy atom. The molecular weight excluding hydrogens is 285 g/mol. The third kappa shape index (κ3) is 2.51. The number of aromatic nitrogens is 1. The summed E-state index contributed by atoms with van der Waals surface area (Å²) in [5.74, 6) is 0.370. The van der Waals surface area contributed by atoms with Gasteiger partial charge < -0.3 is 4.74 Å². The minimum atomic E-state index is -0.190. The average molecular weight is 303 g/mol. The van der Waals surface area contributed by atoms with E-state index >= 15 is 0 Å². The van der Waals surface area contributed by atoms with Crippen LogP contribution in [0, 0.1) is 5.82 Å². The van der Waals surface area contributed by atoms with Crippen molar-refractivity contribution in [3.8, 4) is 10.4 Å². The fourth-order valence-corrected chi connectivity index (χ4v) is 4.49. The number of rotatable bonds is 3. The first-order chi connectivity index (χ1) is 10.2. The van der Waals surface area contributed by atoms with Gasteiger partial charge in [0.2, 0.25) is 0 Å². The van der Waals surface area contributed by atoms with E-state index in [9.17, 15) is 4.39 Å². The molecule has 4 rings (SSSR count). The SMILES string of the molecule is CC1OC1c1nc(C2CCCC2)c(-c2ccc(F)cc2)s1. The Morgan fingerprint density at radius 2 is 1.86 bits per heavy atom. The van der Waals surface area contributed by atoms with Crippen LogP contribution in [0.2, 0.25) is 0 Å². The maximum Gasteiger partial charge on any atom is 0.135 e. The van der Waals surface area contributed by atoms with Gasteiger partial charge in [-0.3, -0.25) is 0 Å². The molecular formula is C17H18FNOS. The Hall–Kier alpha value is -1.26. The molecule has 1 aliphatic heterocycles. The van der Waals surface area contributed by atoms with Crippen molar-refractivity contribution in [3.05, 3.63) is 40.8 Å². The van der Waals surface area contributed by atoms with Crippen LogP contribution in [0.1, 0.15) is 55.3 Å². The van der Waals surface area contributed by atoms with Crippen LogP contribution in [-0.4, -0.2) is 11.1 Å². The molecule has 21 heavy (non-hydrogen) atoms. The molecule has 2 unspecified atom stereocenters. The van der Waals surface area contributed by atoms with E-state index in [1.54, 1.807) is 11.3 Å². The molecule has 2 fully saturated rings. The van der Waals surface area contributed by atoms with Gasteiger partial charge in [-0.05, 0) is 37.5 Å². The molecule has 2 aliphatic rings. The molecule has 1 aliphatic carbocycles. The van der Waals surface area contributed by atoms with Crippen LogP contribution in [0.3, 0.4) is 0 Å². The number of thiazole rings is 1. The molecule has 2 atom stereocenters. The van der Waals surface area contributed by atoms with E-state index in [2.05, 4.69) is 6.92 Å². The van der Waals surface area contributed by atoms with Gasteiger partial charge in [0.15, 0.2) is 0 Å². The molecule has 0 amide bonds. The third-order valence-electron chi connectivity index (χ3n) is 4.47. The van der Waals surface area contributed by atoms with Gasteiger partial charge in [0.25, 0.3) is 0 Å². The monoisotopic (exact) mass is 303 g/mol. The molecule has 1 saturated carbocycles. The molecule has 1 aromatic heterocycles. The molecule has 2 heterocycles. The van der Waals surface area contributed by atoms with Crippen LogP contribution in [0.25, 0.3) is 10.4 Å². The van der Waals surface area contributed by atoms with E-state index in [0.29, 0.717) is 5.92 Å². The Balaban J connectivity index is 1.75. The van der Waals surface area contributed by atoms with Gasteiger partial charge in [0, 0.05) is 5.92 Å². The van der Waals surface area contributed by atoms with Gasteiger partial charge in [-0.15, -0.1) is 11.3 Å². The predicted molar refractivity (Wildman–Crippen MR) is 82.0 cm³/mol. The first-order valence-corrected chi connectivity index (χ1v) is 8.46. The summed E-state index contributed by atoms with van der Waals surface area (Å²) >= 11 is 1.72. The highest BCUT2D eigenvalue weighted by atomic mass is 32.1. The molecule has 0 radical (unpaired) electrons. The maximum absolute atomic E-state index is 13.2. The summed E-state index contributed by atoms with van der Waals surface area (Å²) in [4.78, 5) is 6.11. The molecule has 1 aromatic carbocycles. The van der Waals surface area contributed by atoms with Crippen molar-refractivity contribution < 1.29 is 9.13 Å². The lowest BCUT2D eigenvalue weighted by atomic mass is 10.00. The fourth-order valence-electron chi connectivity index (χ4n) is 3.20. The van der Waals surface area contributed by atoms with Gasteiger partial charge in [-0.2, -0.15) is 0 Å². The summed E-state index contributed by atoms with van der Waals surface area (Å²) < 4.78 is 18.7. The van der Waals surface area contributed by atoms with Gasteiger partial charge >= 0.3 is 0 Å². The number of hydrogen-bond acceptors (Lipinski definition) is 3. The second kappa shape index (κ2) is 5.18. The summed E-state index contributed by atoms with van der Waals surface area (Å²) in [7, 11) is 0. The second-order valence-corrected chi connectivity index (χ2v) is 7.05. The number of nitrogens with zero attached hydrogens (tertiary/aromatic N) is 1. The molecule has 0 spiro atoms. The van der Waals surface area contributed by atoms with Crippen LogP contribution >= 0.6 is 11.3 Å². The Kier molecular flexibility index (Phi) is 3.31. The van der Waals surface area contributed by atoms with Crippen molar-refractivity contribution in [1.29, 1.82) is 0 Å². The number of halogens is 1. The first-order valence-electron chi connectivity index (χ1n) is 7.64. The zero-order chi connectivity index (χ0) is 14.4. The highest BCUT2D eigenvalue weighted by Gasteiger charge is 2.40. The van der Waals surface area contributed by atoms with Crippen LogP contribution in [0.4, 0.5) is 4.39 Å². The molecule has 2 nitrogen and oxygen atoms in total. The van der Waals surface area contributed by atoms with Crippen LogP contribution in [0.5, 0.6) is 0 Å². The van der Waals surface area contributed by atoms with Gasteiger partial charge in [-0.1, -0.05) is 25.0 Å².